The third-order valence-electron chi connectivity index (χ3n) is 5.31. The second-order valence-corrected chi connectivity index (χ2v) is 8.00. The Bertz CT molecular complexity index is 1300. The molecule has 9 heteroatoms. The van der Waals surface area contributed by atoms with Gasteiger partial charge in [-0.2, -0.15) is 10.1 Å². The van der Waals surface area contributed by atoms with Crippen LogP contribution in [0.15, 0.2) is 70.0 Å². The summed E-state index contributed by atoms with van der Waals surface area (Å²) in [6, 6.07) is 18.9. The van der Waals surface area contributed by atoms with Crippen molar-refractivity contribution in [3.8, 4) is 22.6 Å². The van der Waals surface area contributed by atoms with Crippen LogP contribution in [0.25, 0.3) is 22.6 Å². The predicted molar refractivity (Wildman–Crippen MR) is 123 cm³/mol. The molecule has 0 aliphatic carbocycles. The van der Waals surface area contributed by atoms with Crippen LogP contribution in [0.2, 0.25) is 5.02 Å². The normalized spacial score (nSPS) is 14.0. The summed E-state index contributed by atoms with van der Waals surface area (Å²) in [5, 5.41) is 12.6. The van der Waals surface area contributed by atoms with Crippen LogP contribution in [-0.4, -0.2) is 46.1 Å². The van der Waals surface area contributed by atoms with Crippen LogP contribution in [0.4, 0.5) is 6.01 Å². The Morgan fingerprint density at radius 1 is 1.00 bits per heavy atom. The fourth-order valence-corrected chi connectivity index (χ4v) is 3.85. The summed E-state index contributed by atoms with van der Waals surface area (Å²) in [4.78, 5) is 19.1. The van der Waals surface area contributed by atoms with Gasteiger partial charge in [-0.25, -0.2) is 4.68 Å². The molecule has 162 valence electrons. The van der Waals surface area contributed by atoms with Gasteiger partial charge in [0.2, 0.25) is 5.82 Å². The van der Waals surface area contributed by atoms with Gasteiger partial charge in [-0.3, -0.25) is 4.79 Å². The van der Waals surface area contributed by atoms with E-state index in [1.807, 2.05) is 42.5 Å². The lowest BCUT2D eigenvalue weighted by molar-refractivity contribution is 0.405. The number of rotatable bonds is 5. The molecule has 1 aliphatic heterocycles. The molecule has 2 aromatic carbocycles. The molecule has 3 heterocycles. The largest absolute Gasteiger partial charge is 0.324 e. The highest BCUT2D eigenvalue weighted by Crippen LogP contribution is 2.22. The maximum absolute atomic E-state index is 12.4. The third-order valence-corrected chi connectivity index (χ3v) is 5.54. The van der Waals surface area contributed by atoms with Gasteiger partial charge in [0.15, 0.2) is 0 Å². The highest BCUT2D eigenvalue weighted by Gasteiger charge is 2.18. The van der Waals surface area contributed by atoms with Crippen LogP contribution in [0.3, 0.4) is 0 Å². The van der Waals surface area contributed by atoms with Gasteiger partial charge in [-0.15, -0.1) is 0 Å². The van der Waals surface area contributed by atoms with E-state index in [0.29, 0.717) is 29.1 Å². The second kappa shape index (κ2) is 8.94. The monoisotopic (exact) mass is 448 g/mol. The molecule has 0 spiro atoms. The van der Waals surface area contributed by atoms with E-state index < -0.39 is 0 Å². The molecule has 0 bridgehead atoms. The average molecular weight is 449 g/mol. The summed E-state index contributed by atoms with van der Waals surface area (Å²) in [7, 11) is 0. The van der Waals surface area contributed by atoms with E-state index in [1.54, 1.807) is 12.1 Å². The molecule has 0 amide bonds. The van der Waals surface area contributed by atoms with E-state index in [4.69, 9.17) is 16.1 Å². The van der Waals surface area contributed by atoms with E-state index in [0.717, 1.165) is 42.9 Å². The zero-order valence-corrected chi connectivity index (χ0v) is 18.0. The molecule has 1 saturated heterocycles. The SMILES string of the molecule is O=c1ccc(-c2cccc(Cl)c2)nn1Cc1cccc(-c2noc(N3CCNCC3)n2)c1. The Kier molecular flexibility index (Phi) is 5.70. The zero-order chi connectivity index (χ0) is 21.9. The summed E-state index contributed by atoms with van der Waals surface area (Å²) in [6.07, 6.45) is 0. The van der Waals surface area contributed by atoms with Crippen molar-refractivity contribution >= 4 is 17.6 Å². The Balaban J connectivity index is 1.39. The fourth-order valence-electron chi connectivity index (χ4n) is 3.66. The Hall–Kier alpha value is -3.49. The standard InChI is InChI=1S/C23H21ClN6O2/c24-19-6-2-4-17(14-19)20-7-8-21(31)30(27-20)15-16-3-1-5-18(13-16)22-26-23(32-28-22)29-11-9-25-10-12-29/h1-8,13-14,25H,9-12,15H2. The molecule has 5 rings (SSSR count). The molecule has 0 saturated carbocycles. The molecule has 2 aromatic heterocycles. The lowest BCUT2D eigenvalue weighted by atomic mass is 10.1. The van der Waals surface area contributed by atoms with E-state index in [1.165, 1.54) is 10.7 Å². The van der Waals surface area contributed by atoms with Crippen LogP contribution in [0.5, 0.6) is 0 Å². The van der Waals surface area contributed by atoms with E-state index >= 15 is 0 Å². The van der Waals surface area contributed by atoms with Crippen LogP contribution in [0, 0.1) is 0 Å². The number of hydrogen-bond donors (Lipinski definition) is 1. The topological polar surface area (TPSA) is 89.1 Å². The van der Waals surface area contributed by atoms with Crippen molar-refractivity contribution in [1.82, 2.24) is 25.2 Å². The minimum absolute atomic E-state index is 0.179. The summed E-state index contributed by atoms with van der Waals surface area (Å²) in [6.45, 7) is 3.77. The van der Waals surface area contributed by atoms with Gasteiger partial charge in [-0.05, 0) is 29.8 Å². The number of piperazine rings is 1. The minimum atomic E-state index is -0.179. The molecule has 0 unspecified atom stereocenters. The van der Waals surface area contributed by atoms with Crippen LogP contribution >= 0.6 is 11.6 Å². The van der Waals surface area contributed by atoms with Crippen molar-refractivity contribution in [2.24, 2.45) is 0 Å². The van der Waals surface area contributed by atoms with E-state index in [-0.39, 0.29) is 5.56 Å². The lowest BCUT2D eigenvalue weighted by Crippen LogP contribution is -2.43. The summed E-state index contributed by atoms with van der Waals surface area (Å²) < 4.78 is 6.91. The van der Waals surface area contributed by atoms with Crippen molar-refractivity contribution in [2.45, 2.75) is 6.54 Å². The molecule has 8 nitrogen and oxygen atoms in total. The first-order valence-electron chi connectivity index (χ1n) is 10.4. The van der Waals surface area contributed by atoms with E-state index in [2.05, 4.69) is 25.5 Å². The van der Waals surface area contributed by atoms with Gasteiger partial charge in [0.25, 0.3) is 5.56 Å². The Labute approximate surface area is 189 Å². The number of aromatic nitrogens is 4. The van der Waals surface area contributed by atoms with Gasteiger partial charge in [0.1, 0.15) is 0 Å². The van der Waals surface area contributed by atoms with Crippen molar-refractivity contribution in [3.63, 3.8) is 0 Å². The van der Waals surface area contributed by atoms with Gasteiger partial charge in [0.05, 0.1) is 12.2 Å². The Morgan fingerprint density at radius 3 is 2.66 bits per heavy atom. The lowest BCUT2D eigenvalue weighted by Gasteiger charge is -2.24. The predicted octanol–water partition coefficient (Wildman–Crippen LogP) is 3.07. The first-order chi connectivity index (χ1) is 15.7. The maximum Gasteiger partial charge on any atom is 0.324 e. The molecule has 0 radical (unpaired) electrons. The zero-order valence-electron chi connectivity index (χ0n) is 17.2. The highest BCUT2D eigenvalue weighted by atomic mass is 35.5. The molecule has 4 aromatic rings. The first kappa shape index (κ1) is 20.4. The molecular weight excluding hydrogens is 428 g/mol. The second-order valence-electron chi connectivity index (χ2n) is 7.56. The van der Waals surface area contributed by atoms with Crippen LogP contribution in [0.1, 0.15) is 5.56 Å². The molecule has 1 N–H and O–H groups in total. The van der Waals surface area contributed by atoms with Gasteiger partial charge >= 0.3 is 6.01 Å². The van der Waals surface area contributed by atoms with Crippen LogP contribution in [-0.2, 0) is 6.54 Å². The van der Waals surface area contributed by atoms with Gasteiger partial charge in [0, 0.05) is 48.4 Å². The molecule has 0 atom stereocenters. The summed E-state index contributed by atoms with van der Waals surface area (Å²) >= 11 is 6.10. The summed E-state index contributed by atoms with van der Waals surface area (Å²) in [5.74, 6) is 0.522. The average Bonchev–Trinajstić information content (AvgIpc) is 3.32. The number of nitrogens with one attached hydrogen (secondary N) is 1. The molecular formula is C23H21ClN6O2. The van der Waals surface area contributed by atoms with Crippen LogP contribution < -0.4 is 15.8 Å². The fraction of sp³-hybridized carbons (Fsp3) is 0.217. The summed E-state index contributed by atoms with van der Waals surface area (Å²) in [5.41, 5.74) is 3.09. The number of nitrogens with zero attached hydrogens (tertiary/aromatic N) is 5. The molecule has 1 fully saturated rings. The van der Waals surface area contributed by atoms with Crippen molar-refractivity contribution < 1.29 is 4.52 Å². The molecule has 1 aliphatic rings. The Morgan fingerprint density at radius 2 is 1.81 bits per heavy atom. The number of halogens is 1. The smallest absolute Gasteiger partial charge is 0.322 e. The minimum Gasteiger partial charge on any atom is -0.322 e. The van der Waals surface area contributed by atoms with Gasteiger partial charge in [-0.1, -0.05) is 47.1 Å². The quantitative estimate of drug-likeness (QED) is 0.501. The highest BCUT2D eigenvalue weighted by molar-refractivity contribution is 6.30. The molecule has 32 heavy (non-hydrogen) atoms. The van der Waals surface area contributed by atoms with E-state index in [9.17, 15) is 4.79 Å². The third kappa shape index (κ3) is 4.42. The first-order valence-corrected chi connectivity index (χ1v) is 10.8. The number of anilines is 1. The van der Waals surface area contributed by atoms with Crippen molar-refractivity contribution in [1.29, 1.82) is 0 Å². The maximum atomic E-state index is 12.4. The van der Waals surface area contributed by atoms with Gasteiger partial charge < -0.3 is 14.7 Å². The number of benzene rings is 2. The van der Waals surface area contributed by atoms with Crippen molar-refractivity contribution in [2.75, 3.05) is 31.1 Å². The number of hydrogen-bond acceptors (Lipinski definition) is 7. The van der Waals surface area contributed by atoms with Crippen molar-refractivity contribution in [3.05, 3.63) is 81.6 Å².